The summed E-state index contributed by atoms with van der Waals surface area (Å²) in [6.07, 6.45) is -3.06. The average molecular weight is 212 g/mol. The maximum absolute atomic E-state index is 12.6. The molecular formula is C8H5F5O. The highest BCUT2D eigenvalue weighted by atomic mass is 19.3. The summed E-state index contributed by atoms with van der Waals surface area (Å²) in [6, 6.07) is 2.05. The molecule has 1 aromatic carbocycles. The SMILES string of the molecule is Fc1ccc(OC(F)F)cc1C(F)F. The summed E-state index contributed by atoms with van der Waals surface area (Å²) in [5.41, 5.74) is -0.955. The summed E-state index contributed by atoms with van der Waals surface area (Å²) in [6.45, 7) is -3.12. The maximum atomic E-state index is 12.6. The van der Waals surface area contributed by atoms with Gasteiger partial charge in [-0.25, -0.2) is 13.2 Å². The predicted octanol–water partition coefficient (Wildman–Crippen LogP) is 3.36. The number of alkyl halides is 4. The van der Waals surface area contributed by atoms with Crippen molar-refractivity contribution in [3.8, 4) is 5.75 Å². The van der Waals surface area contributed by atoms with Gasteiger partial charge in [-0.05, 0) is 18.2 Å². The Kier molecular flexibility index (Phi) is 3.27. The number of halogens is 5. The monoisotopic (exact) mass is 212 g/mol. The quantitative estimate of drug-likeness (QED) is 0.698. The lowest BCUT2D eigenvalue weighted by Crippen LogP contribution is -2.03. The van der Waals surface area contributed by atoms with Crippen molar-refractivity contribution < 1.29 is 26.7 Å². The van der Waals surface area contributed by atoms with Gasteiger partial charge in [-0.1, -0.05) is 0 Å². The molecule has 1 nitrogen and oxygen atoms in total. The number of hydrogen-bond donors (Lipinski definition) is 0. The molecule has 0 aliphatic heterocycles. The average Bonchev–Trinajstić information content (AvgIpc) is 2.07. The zero-order valence-corrected chi connectivity index (χ0v) is 6.68. The lowest BCUT2D eigenvalue weighted by Gasteiger charge is -2.06. The van der Waals surface area contributed by atoms with E-state index in [9.17, 15) is 22.0 Å². The normalized spacial score (nSPS) is 11.1. The van der Waals surface area contributed by atoms with Gasteiger partial charge in [0.1, 0.15) is 11.6 Å². The van der Waals surface area contributed by atoms with Crippen LogP contribution in [0.4, 0.5) is 22.0 Å². The Labute approximate surface area is 76.1 Å². The van der Waals surface area contributed by atoms with Crippen molar-refractivity contribution in [1.29, 1.82) is 0 Å². The van der Waals surface area contributed by atoms with Gasteiger partial charge in [0.2, 0.25) is 0 Å². The molecule has 1 aromatic rings. The highest BCUT2D eigenvalue weighted by molar-refractivity contribution is 5.30. The number of rotatable bonds is 3. The molecule has 0 atom stereocenters. The van der Waals surface area contributed by atoms with Gasteiger partial charge in [0.05, 0.1) is 5.56 Å². The molecule has 14 heavy (non-hydrogen) atoms. The highest BCUT2D eigenvalue weighted by Crippen LogP contribution is 2.26. The number of ether oxygens (including phenoxy) is 1. The van der Waals surface area contributed by atoms with E-state index in [4.69, 9.17) is 0 Å². The number of hydrogen-bond acceptors (Lipinski definition) is 1. The third-order valence-corrected chi connectivity index (χ3v) is 1.43. The molecule has 0 aromatic heterocycles. The zero-order valence-electron chi connectivity index (χ0n) is 6.68. The molecule has 78 valence electrons. The van der Waals surface area contributed by atoms with Crippen molar-refractivity contribution in [2.75, 3.05) is 0 Å². The topological polar surface area (TPSA) is 9.23 Å². The Hall–Kier alpha value is -1.33. The van der Waals surface area contributed by atoms with Crippen molar-refractivity contribution in [1.82, 2.24) is 0 Å². The standard InChI is InChI=1S/C8H5F5O/c9-6-2-1-4(14-8(12)13)3-5(6)7(10)11/h1-3,7-8H. The van der Waals surface area contributed by atoms with Crippen LogP contribution in [-0.2, 0) is 0 Å². The fourth-order valence-electron chi connectivity index (χ4n) is 0.865. The molecule has 0 N–H and O–H groups in total. The second-order valence-corrected chi connectivity index (χ2v) is 2.36. The minimum Gasteiger partial charge on any atom is -0.435 e. The van der Waals surface area contributed by atoms with Gasteiger partial charge in [-0.2, -0.15) is 8.78 Å². The first-order valence-corrected chi connectivity index (χ1v) is 3.53. The van der Waals surface area contributed by atoms with Crippen LogP contribution in [0.1, 0.15) is 12.0 Å². The van der Waals surface area contributed by atoms with Crippen molar-refractivity contribution in [3.63, 3.8) is 0 Å². The molecule has 0 heterocycles. The van der Waals surface area contributed by atoms with E-state index in [-0.39, 0.29) is 0 Å². The molecular weight excluding hydrogens is 207 g/mol. The Morgan fingerprint density at radius 3 is 2.21 bits per heavy atom. The summed E-state index contributed by atoms with van der Waals surface area (Å²) in [4.78, 5) is 0. The lowest BCUT2D eigenvalue weighted by molar-refractivity contribution is -0.0501. The van der Waals surface area contributed by atoms with Crippen LogP contribution in [0.5, 0.6) is 5.75 Å². The van der Waals surface area contributed by atoms with Crippen LogP contribution >= 0.6 is 0 Å². The Morgan fingerprint density at radius 2 is 1.71 bits per heavy atom. The first-order valence-electron chi connectivity index (χ1n) is 3.53. The third-order valence-electron chi connectivity index (χ3n) is 1.43. The lowest BCUT2D eigenvalue weighted by atomic mass is 10.2. The van der Waals surface area contributed by atoms with E-state index < -0.39 is 30.2 Å². The summed E-state index contributed by atoms with van der Waals surface area (Å²) in [5, 5.41) is 0. The summed E-state index contributed by atoms with van der Waals surface area (Å²) in [5.74, 6) is -1.64. The predicted molar refractivity (Wildman–Crippen MR) is 38.0 cm³/mol. The Morgan fingerprint density at radius 1 is 1.07 bits per heavy atom. The molecule has 0 saturated heterocycles. The van der Waals surface area contributed by atoms with E-state index in [2.05, 4.69) is 4.74 Å². The van der Waals surface area contributed by atoms with E-state index >= 15 is 0 Å². The van der Waals surface area contributed by atoms with E-state index in [1.807, 2.05) is 0 Å². The van der Waals surface area contributed by atoms with Crippen LogP contribution in [0, 0.1) is 5.82 Å². The van der Waals surface area contributed by atoms with Crippen molar-refractivity contribution in [2.45, 2.75) is 13.0 Å². The maximum Gasteiger partial charge on any atom is 0.387 e. The van der Waals surface area contributed by atoms with Gasteiger partial charge in [0.15, 0.2) is 0 Å². The molecule has 0 aliphatic carbocycles. The van der Waals surface area contributed by atoms with Crippen LogP contribution in [0.2, 0.25) is 0 Å². The van der Waals surface area contributed by atoms with E-state index in [1.165, 1.54) is 0 Å². The van der Waals surface area contributed by atoms with Crippen LogP contribution in [0.15, 0.2) is 18.2 Å². The van der Waals surface area contributed by atoms with Gasteiger partial charge < -0.3 is 4.74 Å². The minimum absolute atomic E-state index is 0.489. The largest absolute Gasteiger partial charge is 0.435 e. The second-order valence-electron chi connectivity index (χ2n) is 2.36. The Balaban J connectivity index is 2.94. The molecule has 1 rings (SSSR count). The molecule has 0 bridgehead atoms. The minimum atomic E-state index is -3.12. The van der Waals surface area contributed by atoms with E-state index in [1.54, 1.807) is 0 Å². The first kappa shape index (κ1) is 10.7. The van der Waals surface area contributed by atoms with Crippen LogP contribution in [0.3, 0.4) is 0 Å². The molecule has 0 saturated carbocycles. The molecule has 6 heteroatoms. The van der Waals surface area contributed by atoms with Gasteiger partial charge in [-0.15, -0.1) is 0 Å². The van der Waals surface area contributed by atoms with Gasteiger partial charge in [0.25, 0.3) is 6.43 Å². The Bertz CT molecular complexity index is 313. The van der Waals surface area contributed by atoms with E-state index in [0.29, 0.717) is 12.1 Å². The number of benzene rings is 1. The van der Waals surface area contributed by atoms with Gasteiger partial charge in [0, 0.05) is 0 Å². The third kappa shape index (κ3) is 2.58. The van der Waals surface area contributed by atoms with Crippen molar-refractivity contribution in [3.05, 3.63) is 29.6 Å². The van der Waals surface area contributed by atoms with Crippen molar-refractivity contribution in [2.24, 2.45) is 0 Å². The summed E-state index contributed by atoms with van der Waals surface area (Å²) < 4.78 is 63.9. The van der Waals surface area contributed by atoms with Gasteiger partial charge >= 0.3 is 6.61 Å². The van der Waals surface area contributed by atoms with Crippen LogP contribution in [-0.4, -0.2) is 6.61 Å². The van der Waals surface area contributed by atoms with Gasteiger partial charge in [-0.3, -0.25) is 0 Å². The molecule has 0 unspecified atom stereocenters. The smallest absolute Gasteiger partial charge is 0.387 e. The highest BCUT2D eigenvalue weighted by Gasteiger charge is 2.15. The van der Waals surface area contributed by atoms with E-state index in [0.717, 1.165) is 6.07 Å². The molecule has 0 amide bonds. The molecule has 0 spiro atoms. The summed E-state index contributed by atoms with van der Waals surface area (Å²) in [7, 11) is 0. The summed E-state index contributed by atoms with van der Waals surface area (Å²) >= 11 is 0. The van der Waals surface area contributed by atoms with Crippen molar-refractivity contribution >= 4 is 0 Å². The zero-order chi connectivity index (χ0) is 10.7. The second kappa shape index (κ2) is 4.26. The molecule has 0 fully saturated rings. The molecule has 0 aliphatic rings. The fraction of sp³-hybridized carbons (Fsp3) is 0.250. The first-order chi connectivity index (χ1) is 6.50. The molecule has 0 radical (unpaired) electrons. The van der Waals surface area contributed by atoms with Crippen LogP contribution < -0.4 is 4.74 Å². The fourth-order valence-corrected chi connectivity index (χ4v) is 0.865. The van der Waals surface area contributed by atoms with Crippen LogP contribution in [0.25, 0.3) is 0 Å².